The fraction of sp³-hybridized carbons (Fsp3) is 0.273. The third-order valence-electron chi connectivity index (χ3n) is 7.99. The van der Waals surface area contributed by atoms with Crippen LogP contribution in [-0.2, 0) is 26.3 Å². The quantitative estimate of drug-likeness (QED) is 0.275. The molecule has 0 unspecified atom stereocenters. The minimum absolute atomic E-state index is 0.0915. The number of nitrogens with zero attached hydrogens (tertiary/aromatic N) is 2. The van der Waals surface area contributed by atoms with Crippen LogP contribution in [0.2, 0.25) is 0 Å². The number of benzene rings is 3. The highest BCUT2D eigenvalue weighted by atomic mass is 32.2. The largest absolute Gasteiger partial charge is 0.324 e. The van der Waals surface area contributed by atoms with Crippen LogP contribution in [0.25, 0.3) is 0 Å². The minimum Gasteiger partial charge on any atom is -0.324 e. The molecule has 3 heterocycles. The van der Waals surface area contributed by atoms with Gasteiger partial charge in [-0.15, -0.1) is 0 Å². The number of aryl methyl sites for hydroxylation is 1. The number of fused-ring (bicyclic) bond motifs is 2. The Morgan fingerprint density at radius 3 is 2.26 bits per heavy atom. The Bertz CT molecular complexity index is 1810. The zero-order chi connectivity index (χ0) is 30.6. The van der Waals surface area contributed by atoms with Crippen molar-refractivity contribution in [2.75, 3.05) is 10.2 Å². The van der Waals surface area contributed by atoms with Crippen molar-refractivity contribution in [2.45, 2.75) is 55.8 Å². The summed E-state index contributed by atoms with van der Waals surface area (Å²) >= 11 is 2.16. The van der Waals surface area contributed by atoms with E-state index in [4.69, 9.17) is 0 Å². The molecule has 0 aliphatic carbocycles. The summed E-state index contributed by atoms with van der Waals surface area (Å²) in [5.41, 5.74) is 3.67. The summed E-state index contributed by atoms with van der Waals surface area (Å²) in [5.74, 6) is -3.01. The lowest BCUT2D eigenvalue weighted by molar-refractivity contribution is -0.122. The SMILES string of the molecule is Cc1ccccc1NC(=O)Cn1c2c(sc1=O)[C@@H](c1ccc(C(C)(C)C)cc1)[C@@H]1C(=O)N(c3ccc(F)cc3)C(=O)[C@@H]1S2. The van der Waals surface area contributed by atoms with E-state index in [1.165, 1.54) is 28.8 Å². The van der Waals surface area contributed by atoms with Crippen molar-refractivity contribution < 1.29 is 18.8 Å². The monoisotopic (exact) mass is 615 g/mol. The minimum atomic E-state index is -0.822. The summed E-state index contributed by atoms with van der Waals surface area (Å²) in [4.78, 5) is 55.8. The number of thioether (sulfide) groups is 1. The van der Waals surface area contributed by atoms with Gasteiger partial charge in [0.05, 0.1) is 16.6 Å². The van der Waals surface area contributed by atoms with Crippen LogP contribution in [0, 0.1) is 18.7 Å². The summed E-state index contributed by atoms with van der Waals surface area (Å²) < 4.78 is 15.1. The van der Waals surface area contributed by atoms with Gasteiger partial charge in [0.1, 0.15) is 17.6 Å². The van der Waals surface area contributed by atoms with E-state index in [1.807, 2.05) is 49.4 Å². The van der Waals surface area contributed by atoms with Crippen molar-refractivity contribution in [2.24, 2.45) is 5.92 Å². The maximum Gasteiger partial charge on any atom is 0.308 e. The molecule has 7 nitrogen and oxygen atoms in total. The average Bonchev–Trinajstić information content (AvgIpc) is 3.40. The van der Waals surface area contributed by atoms with Crippen LogP contribution in [0.15, 0.2) is 82.6 Å². The van der Waals surface area contributed by atoms with E-state index in [2.05, 4.69) is 26.1 Å². The molecular formula is C33H30FN3O4S2. The number of anilines is 2. The van der Waals surface area contributed by atoms with Gasteiger partial charge >= 0.3 is 4.87 Å². The number of para-hydroxylation sites is 1. The van der Waals surface area contributed by atoms with Crippen LogP contribution < -0.4 is 15.1 Å². The van der Waals surface area contributed by atoms with Crippen molar-refractivity contribution >= 4 is 52.2 Å². The molecule has 43 heavy (non-hydrogen) atoms. The number of aromatic nitrogens is 1. The topological polar surface area (TPSA) is 88.5 Å². The normalized spacial score (nSPS) is 19.7. The van der Waals surface area contributed by atoms with E-state index >= 15 is 0 Å². The maximum absolute atomic E-state index is 14.0. The summed E-state index contributed by atoms with van der Waals surface area (Å²) in [5, 5.41) is 2.57. The van der Waals surface area contributed by atoms with Crippen LogP contribution in [0.1, 0.15) is 48.3 Å². The fourth-order valence-corrected chi connectivity index (χ4v) is 8.47. The second-order valence-electron chi connectivity index (χ2n) is 11.9. The lowest BCUT2D eigenvalue weighted by Gasteiger charge is -2.31. The molecule has 3 atom stereocenters. The van der Waals surface area contributed by atoms with Crippen molar-refractivity contribution in [1.29, 1.82) is 0 Å². The molecule has 6 rings (SSSR count). The zero-order valence-corrected chi connectivity index (χ0v) is 25.7. The Morgan fingerprint density at radius 1 is 0.930 bits per heavy atom. The first-order valence-corrected chi connectivity index (χ1v) is 15.6. The average molecular weight is 616 g/mol. The van der Waals surface area contributed by atoms with Gasteiger partial charge in [0.2, 0.25) is 17.7 Å². The fourth-order valence-electron chi connectivity index (χ4n) is 5.70. The van der Waals surface area contributed by atoms with Crippen LogP contribution in [0.3, 0.4) is 0 Å². The molecule has 1 aromatic heterocycles. The van der Waals surface area contributed by atoms with Crippen LogP contribution in [-0.4, -0.2) is 27.5 Å². The Hall–Kier alpha value is -4.02. The standard InChI is InChI=1S/C33H30FN3O4S2/c1-18-7-5-6-8-23(18)35-24(38)17-36-31-28(43-32(36)41)25(19-9-11-20(12-10-19)33(2,3)4)26-27(42-31)30(40)37(29(26)39)22-15-13-21(34)14-16-22/h5-16,25-27H,17H2,1-4H3,(H,35,38)/t25-,26-,27+/m0/s1. The van der Waals surface area contributed by atoms with Crippen LogP contribution in [0.5, 0.6) is 0 Å². The summed E-state index contributed by atoms with van der Waals surface area (Å²) in [7, 11) is 0. The zero-order valence-electron chi connectivity index (χ0n) is 24.1. The number of rotatable bonds is 5. The van der Waals surface area contributed by atoms with E-state index in [1.54, 1.807) is 6.07 Å². The van der Waals surface area contributed by atoms with Gasteiger partial charge in [-0.1, -0.05) is 86.3 Å². The number of imide groups is 1. The van der Waals surface area contributed by atoms with E-state index in [-0.39, 0.29) is 22.7 Å². The molecule has 0 saturated carbocycles. The predicted molar refractivity (Wildman–Crippen MR) is 167 cm³/mol. The Kier molecular flexibility index (Phi) is 7.38. The van der Waals surface area contributed by atoms with Gasteiger partial charge in [0.15, 0.2) is 0 Å². The molecule has 3 aromatic carbocycles. The van der Waals surface area contributed by atoms with Crippen molar-refractivity contribution in [3.8, 4) is 0 Å². The summed E-state index contributed by atoms with van der Waals surface area (Å²) in [6.07, 6.45) is 0. The summed E-state index contributed by atoms with van der Waals surface area (Å²) in [6.45, 7) is 7.99. The van der Waals surface area contributed by atoms with Crippen LogP contribution >= 0.6 is 23.1 Å². The third-order valence-corrected chi connectivity index (χ3v) is 10.6. The Labute approximate surface area is 256 Å². The van der Waals surface area contributed by atoms with Crippen molar-refractivity contribution in [3.05, 3.63) is 110 Å². The Morgan fingerprint density at radius 2 is 1.60 bits per heavy atom. The number of carbonyl (C=O) groups excluding carboxylic acids is 3. The van der Waals surface area contributed by atoms with Gasteiger partial charge in [-0.2, -0.15) is 0 Å². The Balaban J connectivity index is 1.42. The predicted octanol–water partition coefficient (Wildman–Crippen LogP) is 6.09. The van der Waals surface area contributed by atoms with E-state index in [0.717, 1.165) is 44.7 Å². The molecule has 1 fully saturated rings. The highest BCUT2D eigenvalue weighted by Crippen LogP contribution is 2.54. The molecule has 0 radical (unpaired) electrons. The number of thiazole rings is 1. The highest BCUT2D eigenvalue weighted by Gasteiger charge is 2.56. The molecule has 4 aromatic rings. The van der Waals surface area contributed by atoms with E-state index in [0.29, 0.717) is 21.3 Å². The molecule has 10 heteroatoms. The molecule has 1 N–H and O–H groups in total. The lowest BCUT2D eigenvalue weighted by Crippen LogP contribution is -2.33. The second-order valence-corrected chi connectivity index (χ2v) is 14.0. The molecule has 220 valence electrons. The second kappa shape index (κ2) is 10.9. The van der Waals surface area contributed by atoms with Gasteiger partial charge in [-0.05, 0) is 59.4 Å². The first-order valence-electron chi connectivity index (χ1n) is 13.9. The number of hydrogen-bond donors (Lipinski definition) is 1. The molecule has 0 spiro atoms. The molecule has 2 aliphatic heterocycles. The van der Waals surface area contributed by atoms with Gasteiger partial charge in [-0.3, -0.25) is 23.7 Å². The van der Waals surface area contributed by atoms with Gasteiger partial charge in [0, 0.05) is 16.5 Å². The smallest absolute Gasteiger partial charge is 0.308 e. The number of nitrogens with one attached hydrogen (secondary N) is 1. The first kappa shape index (κ1) is 29.1. The molecular weight excluding hydrogens is 586 g/mol. The van der Waals surface area contributed by atoms with Gasteiger partial charge < -0.3 is 5.32 Å². The molecule has 1 saturated heterocycles. The molecule has 3 amide bonds. The van der Waals surface area contributed by atoms with E-state index < -0.39 is 34.7 Å². The number of halogens is 1. The number of amides is 3. The number of hydrogen-bond acceptors (Lipinski definition) is 6. The summed E-state index contributed by atoms with van der Waals surface area (Å²) in [6, 6.07) is 20.6. The van der Waals surface area contributed by atoms with Gasteiger partial charge in [0.25, 0.3) is 0 Å². The van der Waals surface area contributed by atoms with Crippen molar-refractivity contribution in [3.63, 3.8) is 0 Å². The maximum atomic E-state index is 14.0. The molecule has 0 bridgehead atoms. The van der Waals surface area contributed by atoms with Crippen LogP contribution in [0.4, 0.5) is 15.8 Å². The van der Waals surface area contributed by atoms with Crippen molar-refractivity contribution in [1.82, 2.24) is 4.57 Å². The number of carbonyl (C=O) groups is 3. The lowest BCUT2D eigenvalue weighted by atomic mass is 9.81. The van der Waals surface area contributed by atoms with E-state index in [9.17, 15) is 23.6 Å². The third kappa shape index (κ3) is 5.23. The first-order chi connectivity index (χ1) is 20.4. The highest BCUT2D eigenvalue weighted by molar-refractivity contribution is 8.00. The van der Waals surface area contributed by atoms with Gasteiger partial charge in [-0.25, -0.2) is 9.29 Å². The molecule has 2 aliphatic rings.